The summed E-state index contributed by atoms with van der Waals surface area (Å²) in [6.45, 7) is 2.05. The van der Waals surface area contributed by atoms with Crippen molar-refractivity contribution in [3.8, 4) is 0 Å². The van der Waals surface area contributed by atoms with Crippen LogP contribution in [0.2, 0.25) is 0 Å². The van der Waals surface area contributed by atoms with E-state index in [0.29, 0.717) is 21.9 Å². The molecule has 0 spiro atoms. The van der Waals surface area contributed by atoms with Crippen LogP contribution in [0.1, 0.15) is 11.1 Å². The van der Waals surface area contributed by atoms with Crippen molar-refractivity contribution in [3.05, 3.63) is 65.6 Å². The third-order valence-electron chi connectivity index (χ3n) is 3.30. The third kappa shape index (κ3) is 2.85. The SMILES string of the molecule is Cc1cccc(CSc2c(F)cc(N)c3cccnc23)c1. The second-order valence-corrected chi connectivity index (χ2v) is 5.94. The predicted molar refractivity (Wildman–Crippen MR) is 86.9 cm³/mol. The molecule has 2 aromatic carbocycles. The Bertz CT molecular complexity index is 802. The van der Waals surface area contributed by atoms with Crippen molar-refractivity contribution in [3.63, 3.8) is 0 Å². The number of aryl methyl sites for hydroxylation is 1. The molecule has 0 bridgehead atoms. The molecule has 1 heterocycles. The van der Waals surface area contributed by atoms with E-state index >= 15 is 0 Å². The summed E-state index contributed by atoms with van der Waals surface area (Å²) in [7, 11) is 0. The van der Waals surface area contributed by atoms with Crippen molar-refractivity contribution < 1.29 is 4.39 Å². The number of rotatable bonds is 3. The zero-order valence-corrected chi connectivity index (χ0v) is 12.5. The Labute approximate surface area is 127 Å². The van der Waals surface area contributed by atoms with Gasteiger partial charge in [0.15, 0.2) is 0 Å². The van der Waals surface area contributed by atoms with Crippen LogP contribution in [0.5, 0.6) is 0 Å². The zero-order chi connectivity index (χ0) is 14.8. The molecule has 0 atom stereocenters. The topological polar surface area (TPSA) is 38.9 Å². The lowest BCUT2D eigenvalue weighted by molar-refractivity contribution is 0.605. The van der Waals surface area contributed by atoms with Gasteiger partial charge in [-0.2, -0.15) is 0 Å². The van der Waals surface area contributed by atoms with Crippen molar-refractivity contribution in [2.75, 3.05) is 5.73 Å². The van der Waals surface area contributed by atoms with Crippen LogP contribution in [-0.4, -0.2) is 4.98 Å². The van der Waals surface area contributed by atoms with E-state index in [1.54, 1.807) is 6.20 Å². The van der Waals surface area contributed by atoms with Crippen LogP contribution < -0.4 is 5.73 Å². The van der Waals surface area contributed by atoms with Gasteiger partial charge in [-0.25, -0.2) is 4.39 Å². The maximum absolute atomic E-state index is 14.2. The van der Waals surface area contributed by atoms with Crippen LogP contribution in [0.25, 0.3) is 10.9 Å². The molecule has 0 saturated carbocycles. The first-order valence-electron chi connectivity index (χ1n) is 6.66. The Hall–Kier alpha value is -2.07. The average Bonchev–Trinajstić information content (AvgIpc) is 2.47. The summed E-state index contributed by atoms with van der Waals surface area (Å²) < 4.78 is 14.2. The Kier molecular flexibility index (Phi) is 3.80. The zero-order valence-electron chi connectivity index (χ0n) is 11.6. The summed E-state index contributed by atoms with van der Waals surface area (Å²) in [5, 5.41) is 0.797. The van der Waals surface area contributed by atoms with Crippen LogP contribution in [0, 0.1) is 12.7 Å². The minimum Gasteiger partial charge on any atom is -0.398 e. The molecule has 0 fully saturated rings. The van der Waals surface area contributed by atoms with Crippen molar-refractivity contribution in [2.24, 2.45) is 0 Å². The minimum atomic E-state index is -0.309. The van der Waals surface area contributed by atoms with Gasteiger partial charge < -0.3 is 5.73 Å². The number of nitrogen functional groups attached to an aromatic ring is 1. The fourth-order valence-corrected chi connectivity index (χ4v) is 3.29. The molecule has 106 valence electrons. The van der Waals surface area contributed by atoms with E-state index in [1.807, 2.05) is 24.3 Å². The van der Waals surface area contributed by atoms with Gasteiger partial charge in [0.1, 0.15) is 5.82 Å². The van der Waals surface area contributed by atoms with E-state index in [2.05, 4.69) is 24.0 Å². The molecule has 21 heavy (non-hydrogen) atoms. The lowest BCUT2D eigenvalue weighted by atomic mass is 10.2. The van der Waals surface area contributed by atoms with E-state index in [0.717, 1.165) is 5.39 Å². The molecule has 0 aliphatic carbocycles. The molecule has 0 aliphatic heterocycles. The van der Waals surface area contributed by atoms with Gasteiger partial charge in [0.05, 0.1) is 10.4 Å². The molecular formula is C17H15FN2S. The Morgan fingerprint density at radius 1 is 1.19 bits per heavy atom. The van der Waals surface area contributed by atoms with Crippen LogP contribution >= 0.6 is 11.8 Å². The molecule has 3 aromatic rings. The van der Waals surface area contributed by atoms with Crippen molar-refractivity contribution in [1.29, 1.82) is 0 Å². The maximum Gasteiger partial charge on any atom is 0.141 e. The van der Waals surface area contributed by atoms with Gasteiger partial charge in [-0.05, 0) is 30.7 Å². The quantitative estimate of drug-likeness (QED) is 0.569. The van der Waals surface area contributed by atoms with E-state index in [1.165, 1.54) is 29.0 Å². The van der Waals surface area contributed by atoms with Gasteiger partial charge in [-0.1, -0.05) is 29.8 Å². The number of nitrogens with two attached hydrogens (primary N) is 1. The largest absolute Gasteiger partial charge is 0.398 e. The highest BCUT2D eigenvalue weighted by Gasteiger charge is 2.12. The van der Waals surface area contributed by atoms with Gasteiger partial charge in [0, 0.05) is 23.0 Å². The fraction of sp³-hybridized carbons (Fsp3) is 0.118. The van der Waals surface area contributed by atoms with E-state index < -0.39 is 0 Å². The minimum absolute atomic E-state index is 0.309. The molecule has 0 radical (unpaired) electrons. The molecule has 1 aromatic heterocycles. The monoisotopic (exact) mass is 298 g/mol. The number of nitrogens with zero attached hydrogens (tertiary/aromatic N) is 1. The van der Waals surface area contributed by atoms with Crippen molar-refractivity contribution in [1.82, 2.24) is 4.98 Å². The molecule has 0 amide bonds. The highest BCUT2D eigenvalue weighted by atomic mass is 32.2. The highest BCUT2D eigenvalue weighted by Crippen LogP contribution is 2.34. The summed E-state index contributed by atoms with van der Waals surface area (Å²) in [6, 6.07) is 13.3. The first-order chi connectivity index (χ1) is 10.1. The molecule has 0 aliphatic rings. The summed E-state index contributed by atoms with van der Waals surface area (Å²) >= 11 is 1.45. The predicted octanol–water partition coefficient (Wildman–Crippen LogP) is 4.56. The van der Waals surface area contributed by atoms with E-state index in [9.17, 15) is 4.39 Å². The summed E-state index contributed by atoms with van der Waals surface area (Å²) in [5.74, 6) is 0.394. The Balaban J connectivity index is 1.97. The molecule has 2 nitrogen and oxygen atoms in total. The molecule has 3 rings (SSSR count). The second kappa shape index (κ2) is 5.74. The number of aromatic nitrogens is 1. The van der Waals surface area contributed by atoms with Gasteiger partial charge >= 0.3 is 0 Å². The van der Waals surface area contributed by atoms with Crippen LogP contribution in [0.15, 0.2) is 53.6 Å². The van der Waals surface area contributed by atoms with Crippen LogP contribution in [0.3, 0.4) is 0 Å². The summed E-state index contributed by atoms with van der Waals surface area (Å²) in [6.07, 6.45) is 1.66. The van der Waals surface area contributed by atoms with Gasteiger partial charge in [-0.3, -0.25) is 4.98 Å². The van der Waals surface area contributed by atoms with Crippen molar-refractivity contribution in [2.45, 2.75) is 17.6 Å². The molecule has 0 unspecified atom stereocenters. The number of halogens is 1. The lowest BCUT2D eigenvalue weighted by Crippen LogP contribution is -1.94. The first kappa shape index (κ1) is 13.9. The summed E-state index contributed by atoms with van der Waals surface area (Å²) in [4.78, 5) is 4.85. The average molecular weight is 298 g/mol. The van der Waals surface area contributed by atoms with E-state index in [4.69, 9.17) is 5.73 Å². The maximum atomic E-state index is 14.2. The van der Waals surface area contributed by atoms with Crippen molar-refractivity contribution >= 4 is 28.4 Å². The normalized spacial score (nSPS) is 11.0. The Morgan fingerprint density at radius 3 is 2.86 bits per heavy atom. The van der Waals surface area contributed by atoms with E-state index in [-0.39, 0.29) is 5.82 Å². The number of hydrogen-bond acceptors (Lipinski definition) is 3. The number of fused-ring (bicyclic) bond motifs is 1. The van der Waals surface area contributed by atoms with Crippen LogP contribution in [0.4, 0.5) is 10.1 Å². The number of anilines is 1. The lowest BCUT2D eigenvalue weighted by Gasteiger charge is -2.09. The number of benzene rings is 2. The third-order valence-corrected chi connectivity index (χ3v) is 4.45. The fourth-order valence-electron chi connectivity index (χ4n) is 2.31. The second-order valence-electron chi connectivity index (χ2n) is 4.95. The number of pyridine rings is 1. The molecule has 4 heteroatoms. The smallest absolute Gasteiger partial charge is 0.141 e. The first-order valence-corrected chi connectivity index (χ1v) is 7.65. The van der Waals surface area contributed by atoms with Crippen LogP contribution in [-0.2, 0) is 5.75 Å². The standard InChI is InChI=1S/C17H15FN2S/c1-11-4-2-5-12(8-11)10-21-17-14(18)9-15(19)13-6-3-7-20-16(13)17/h2-9H,10,19H2,1H3. The van der Waals surface area contributed by atoms with Gasteiger partial charge in [-0.15, -0.1) is 11.8 Å². The molecule has 2 N–H and O–H groups in total. The molecule has 0 saturated heterocycles. The molecular weight excluding hydrogens is 283 g/mol. The number of hydrogen-bond donors (Lipinski definition) is 1. The highest BCUT2D eigenvalue weighted by molar-refractivity contribution is 7.98. The Morgan fingerprint density at radius 2 is 2.05 bits per heavy atom. The van der Waals surface area contributed by atoms with Gasteiger partial charge in [0.2, 0.25) is 0 Å². The summed E-state index contributed by atoms with van der Waals surface area (Å²) in [5.41, 5.74) is 9.29. The number of thioether (sulfide) groups is 1. The van der Waals surface area contributed by atoms with Gasteiger partial charge in [0.25, 0.3) is 0 Å².